The largest absolute Gasteiger partial charge is 0.463 e. The van der Waals surface area contributed by atoms with Crippen molar-refractivity contribution in [1.82, 2.24) is 4.90 Å². The molecule has 0 aromatic carbocycles. The molecule has 0 radical (unpaired) electrons. The number of likely N-dealkylation sites (tertiary alicyclic amines) is 1. The Morgan fingerprint density at radius 3 is 2.56 bits per heavy atom. The Hall–Kier alpha value is -1.06. The van der Waals surface area contributed by atoms with Crippen molar-refractivity contribution >= 4 is 11.9 Å². The van der Waals surface area contributed by atoms with Gasteiger partial charge in [0.15, 0.2) is 0 Å². The second-order valence-corrected chi connectivity index (χ2v) is 4.92. The smallest absolute Gasteiger partial charge is 0.305 e. The highest BCUT2D eigenvalue weighted by molar-refractivity contribution is 5.76. The number of ether oxygens (including phenoxy) is 1. The summed E-state index contributed by atoms with van der Waals surface area (Å²) in [4.78, 5) is 25.2. The van der Waals surface area contributed by atoms with Crippen LogP contribution in [0.2, 0.25) is 0 Å². The van der Waals surface area contributed by atoms with E-state index in [1.807, 2.05) is 18.7 Å². The van der Waals surface area contributed by atoms with Gasteiger partial charge in [0.2, 0.25) is 5.91 Å². The number of nitrogens with zero attached hydrogens (tertiary/aromatic N) is 1. The van der Waals surface area contributed by atoms with E-state index in [-0.39, 0.29) is 17.9 Å². The maximum Gasteiger partial charge on any atom is 0.305 e. The average molecular weight is 255 g/mol. The molecule has 1 heterocycles. The van der Waals surface area contributed by atoms with E-state index in [1.165, 1.54) is 0 Å². The Kier molecular flexibility index (Phi) is 6.76. The van der Waals surface area contributed by atoms with Gasteiger partial charge in [0, 0.05) is 19.4 Å². The van der Waals surface area contributed by atoms with Gasteiger partial charge in [-0.3, -0.25) is 9.59 Å². The molecule has 18 heavy (non-hydrogen) atoms. The van der Waals surface area contributed by atoms with E-state index in [0.717, 1.165) is 38.6 Å². The van der Waals surface area contributed by atoms with Gasteiger partial charge in [0.1, 0.15) is 6.61 Å². The highest BCUT2D eigenvalue weighted by Gasteiger charge is 2.26. The van der Waals surface area contributed by atoms with Gasteiger partial charge in [-0.1, -0.05) is 13.8 Å². The Morgan fingerprint density at radius 1 is 1.17 bits per heavy atom. The lowest BCUT2D eigenvalue weighted by Gasteiger charge is -2.35. The van der Waals surface area contributed by atoms with Crippen LogP contribution >= 0.6 is 0 Å². The lowest BCUT2D eigenvalue weighted by Crippen LogP contribution is -2.46. The van der Waals surface area contributed by atoms with Crippen LogP contribution in [-0.4, -0.2) is 36.0 Å². The highest BCUT2D eigenvalue weighted by Crippen LogP contribution is 2.19. The lowest BCUT2D eigenvalue weighted by atomic mass is 10.0. The fraction of sp³-hybridized carbons (Fsp3) is 0.857. The van der Waals surface area contributed by atoms with Crippen LogP contribution in [0.5, 0.6) is 0 Å². The van der Waals surface area contributed by atoms with Crippen molar-refractivity contribution in [3.63, 3.8) is 0 Å². The van der Waals surface area contributed by atoms with Gasteiger partial charge in [0.05, 0.1) is 6.04 Å². The normalized spacial score (nSPS) is 19.7. The molecule has 0 N–H and O–H groups in total. The van der Waals surface area contributed by atoms with Crippen molar-refractivity contribution in [3.8, 4) is 0 Å². The van der Waals surface area contributed by atoms with Crippen molar-refractivity contribution in [2.24, 2.45) is 0 Å². The molecule has 1 atom stereocenters. The quantitative estimate of drug-likeness (QED) is 0.685. The minimum Gasteiger partial charge on any atom is -0.463 e. The SMILES string of the molecule is CCCC(=O)OC[C@@H]1CCCCN1C(=O)CCC. The predicted octanol–water partition coefficient (Wildman–Crippen LogP) is 2.51. The monoisotopic (exact) mass is 255 g/mol. The molecule has 4 nitrogen and oxygen atoms in total. The Balaban J connectivity index is 2.44. The van der Waals surface area contributed by atoms with Crippen LogP contribution in [-0.2, 0) is 14.3 Å². The number of esters is 1. The van der Waals surface area contributed by atoms with E-state index in [2.05, 4.69) is 0 Å². The molecule has 1 amide bonds. The second-order valence-electron chi connectivity index (χ2n) is 4.92. The molecule has 1 rings (SSSR count). The third-order valence-electron chi connectivity index (χ3n) is 3.30. The molecule has 104 valence electrons. The first kappa shape index (κ1) is 15.0. The van der Waals surface area contributed by atoms with Crippen LogP contribution in [0.1, 0.15) is 58.8 Å². The fourth-order valence-corrected chi connectivity index (χ4v) is 2.33. The van der Waals surface area contributed by atoms with Gasteiger partial charge in [-0.25, -0.2) is 0 Å². The van der Waals surface area contributed by atoms with E-state index in [0.29, 0.717) is 19.4 Å². The molecule has 0 unspecified atom stereocenters. The van der Waals surface area contributed by atoms with Crippen LogP contribution < -0.4 is 0 Å². The molecular weight excluding hydrogens is 230 g/mol. The standard InChI is InChI=1S/C14H25NO3/c1-3-7-13(16)15-10-6-5-9-12(15)11-18-14(17)8-4-2/h12H,3-11H2,1-2H3/t12-/m0/s1. The summed E-state index contributed by atoms with van der Waals surface area (Å²) in [6.07, 6.45) is 5.88. The van der Waals surface area contributed by atoms with Crippen LogP contribution in [0.25, 0.3) is 0 Å². The molecule has 0 aliphatic carbocycles. The van der Waals surface area contributed by atoms with Gasteiger partial charge in [-0.15, -0.1) is 0 Å². The predicted molar refractivity (Wildman–Crippen MR) is 70.1 cm³/mol. The van der Waals surface area contributed by atoms with Crippen molar-refractivity contribution in [2.75, 3.05) is 13.2 Å². The zero-order chi connectivity index (χ0) is 13.4. The fourth-order valence-electron chi connectivity index (χ4n) is 2.33. The highest BCUT2D eigenvalue weighted by atomic mass is 16.5. The summed E-state index contributed by atoms with van der Waals surface area (Å²) in [7, 11) is 0. The van der Waals surface area contributed by atoms with Crippen LogP contribution in [0.3, 0.4) is 0 Å². The second kappa shape index (κ2) is 8.11. The van der Waals surface area contributed by atoms with Crippen molar-refractivity contribution in [1.29, 1.82) is 0 Å². The molecule has 1 aliphatic rings. The summed E-state index contributed by atoms with van der Waals surface area (Å²) in [5, 5.41) is 0. The molecule has 1 aliphatic heterocycles. The zero-order valence-electron chi connectivity index (χ0n) is 11.6. The molecular formula is C14H25NO3. The molecule has 0 aromatic heterocycles. The molecule has 1 fully saturated rings. The molecule has 4 heteroatoms. The molecule has 1 saturated heterocycles. The van der Waals surface area contributed by atoms with Crippen molar-refractivity contribution < 1.29 is 14.3 Å². The summed E-state index contributed by atoms with van der Waals surface area (Å²) in [6.45, 7) is 5.15. The first-order valence-corrected chi connectivity index (χ1v) is 7.14. The number of piperidine rings is 1. The minimum atomic E-state index is -0.147. The number of hydrogen-bond donors (Lipinski definition) is 0. The summed E-state index contributed by atoms with van der Waals surface area (Å²) >= 11 is 0. The summed E-state index contributed by atoms with van der Waals surface area (Å²) in [5.74, 6) is 0.0553. The first-order chi connectivity index (χ1) is 8.69. The summed E-state index contributed by atoms with van der Waals surface area (Å²) in [5.41, 5.74) is 0. The van der Waals surface area contributed by atoms with Crippen LogP contribution in [0.15, 0.2) is 0 Å². The Morgan fingerprint density at radius 2 is 1.89 bits per heavy atom. The van der Waals surface area contributed by atoms with Crippen LogP contribution in [0, 0.1) is 0 Å². The van der Waals surface area contributed by atoms with Gasteiger partial charge < -0.3 is 9.64 Å². The van der Waals surface area contributed by atoms with E-state index in [4.69, 9.17) is 4.74 Å². The first-order valence-electron chi connectivity index (χ1n) is 7.14. The topological polar surface area (TPSA) is 46.6 Å². The number of hydrogen-bond acceptors (Lipinski definition) is 3. The van der Waals surface area contributed by atoms with Gasteiger partial charge in [-0.05, 0) is 32.1 Å². The zero-order valence-corrected chi connectivity index (χ0v) is 11.6. The van der Waals surface area contributed by atoms with Crippen molar-refractivity contribution in [2.45, 2.75) is 64.8 Å². The Bertz CT molecular complexity index is 278. The van der Waals surface area contributed by atoms with E-state index in [1.54, 1.807) is 0 Å². The van der Waals surface area contributed by atoms with Crippen LogP contribution in [0.4, 0.5) is 0 Å². The number of carbonyl (C=O) groups excluding carboxylic acids is 2. The third-order valence-corrected chi connectivity index (χ3v) is 3.30. The molecule has 0 spiro atoms. The minimum absolute atomic E-state index is 0.0959. The molecule has 0 bridgehead atoms. The Labute approximate surface area is 110 Å². The number of carbonyl (C=O) groups is 2. The summed E-state index contributed by atoms with van der Waals surface area (Å²) < 4.78 is 5.25. The summed E-state index contributed by atoms with van der Waals surface area (Å²) in [6, 6.07) is 0.0959. The third kappa shape index (κ3) is 4.67. The molecule has 0 aromatic rings. The van der Waals surface area contributed by atoms with Gasteiger partial charge >= 0.3 is 5.97 Å². The van der Waals surface area contributed by atoms with E-state index < -0.39 is 0 Å². The van der Waals surface area contributed by atoms with Gasteiger partial charge in [-0.2, -0.15) is 0 Å². The average Bonchev–Trinajstić information content (AvgIpc) is 2.37. The van der Waals surface area contributed by atoms with Crippen molar-refractivity contribution in [3.05, 3.63) is 0 Å². The maximum atomic E-state index is 12.0. The number of amides is 1. The number of rotatable bonds is 6. The lowest BCUT2D eigenvalue weighted by molar-refractivity contribution is -0.149. The van der Waals surface area contributed by atoms with E-state index in [9.17, 15) is 9.59 Å². The van der Waals surface area contributed by atoms with E-state index >= 15 is 0 Å². The maximum absolute atomic E-state index is 12.0. The molecule has 0 saturated carbocycles. The van der Waals surface area contributed by atoms with Gasteiger partial charge in [0.25, 0.3) is 0 Å².